The van der Waals surface area contributed by atoms with Gasteiger partial charge in [0.15, 0.2) is 9.84 Å². The molecule has 0 bridgehead atoms. The summed E-state index contributed by atoms with van der Waals surface area (Å²) in [6.07, 6.45) is 4.74. The van der Waals surface area contributed by atoms with Gasteiger partial charge in [-0.1, -0.05) is 30.3 Å². The number of nitrogens with zero attached hydrogens (tertiary/aromatic N) is 2. The molecule has 5 aromatic rings. The van der Waals surface area contributed by atoms with Gasteiger partial charge in [-0.3, -0.25) is 4.79 Å². The minimum atomic E-state index is -3.48. The number of fused-ring (bicyclic) bond motifs is 1. The first kappa shape index (κ1) is 24.5. The summed E-state index contributed by atoms with van der Waals surface area (Å²) >= 11 is 1.10. The second-order valence-corrected chi connectivity index (χ2v) is 11.2. The van der Waals surface area contributed by atoms with Crippen LogP contribution in [0.3, 0.4) is 0 Å². The van der Waals surface area contributed by atoms with Crippen LogP contribution < -0.4 is 10.2 Å². The molecule has 0 unspecified atom stereocenters. The number of rotatable bonds is 10. The van der Waals surface area contributed by atoms with E-state index in [4.69, 9.17) is 9.15 Å². The number of carbonyl (C=O) groups excluding carboxylic acids is 1. The number of hydrogen-bond acceptors (Lipinski definition) is 8. The summed E-state index contributed by atoms with van der Waals surface area (Å²) in [7, 11) is -3.48. The number of carbonyl (C=O) groups is 1. The number of H-pyrrole nitrogens is 1. The van der Waals surface area contributed by atoms with Gasteiger partial charge in [0.05, 0.1) is 12.5 Å². The molecule has 0 aliphatic carbocycles. The van der Waals surface area contributed by atoms with Crippen LogP contribution in [0.15, 0.2) is 88.0 Å². The monoisotopic (exact) mass is 534 g/mol. The second kappa shape index (κ2) is 10.8. The van der Waals surface area contributed by atoms with Gasteiger partial charge in [0.1, 0.15) is 40.3 Å². The van der Waals surface area contributed by atoms with Gasteiger partial charge < -0.3 is 14.1 Å². The molecule has 2 aromatic carbocycles. The number of ether oxygens (including phenoxy) is 1. The van der Waals surface area contributed by atoms with E-state index in [1.165, 1.54) is 17.9 Å². The fourth-order valence-corrected chi connectivity index (χ4v) is 6.12. The first-order chi connectivity index (χ1) is 17.9. The van der Waals surface area contributed by atoms with Crippen LogP contribution >= 0.6 is 11.3 Å². The van der Waals surface area contributed by atoms with Gasteiger partial charge in [-0.05, 0) is 29.8 Å². The van der Waals surface area contributed by atoms with Crippen molar-refractivity contribution in [1.29, 1.82) is 0 Å². The number of aromatic nitrogens is 2. The predicted octanol–water partition coefficient (Wildman–Crippen LogP) is 4.68. The molecular weight excluding hydrogens is 512 g/mol. The highest BCUT2D eigenvalue weighted by Crippen LogP contribution is 2.23. The molecule has 188 valence electrons. The van der Waals surface area contributed by atoms with Gasteiger partial charge in [-0.15, -0.1) is 11.3 Å². The molecule has 0 aliphatic heterocycles. The number of furan rings is 1. The maximum absolute atomic E-state index is 12.4. The molecule has 0 spiro atoms. The molecule has 37 heavy (non-hydrogen) atoms. The van der Waals surface area contributed by atoms with E-state index < -0.39 is 15.7 Å². The smallest absolute Gasteiger partial charge is 0.290 e. The first-order valence-corrected chi connectivity index (χ1v) is 13.9. The molecular formula is C26H22N4O5S2. The molecule has 9 nitrogen and oxygen atoms in total. The van der Waals surface area contributed by atoms with Crippen molar-refractivity contribution < 1.29 is 22.4 Å². The van der Waals surface area contributed by atoms with Crippen molar-refractivity contribution in [2.24, 2.45) is 5.10 Å². The van der Waals surface area contributed by atoms with Gasteiger partial charge >= 0.3 is 0 Å². The lowest BCUT2D eigenvalue weighted by Gasteiger charge is -2.06. The molecule has 0 saturated carbocycles. The zero-order chi connectivity index (χ0) is 25.7. The Bertz CT molecular complexity index is 1640. The lowest BCUT2D eigenvalue weighted by molar-refractivity contribution is 0.0950. The van der Waals surface area contributed by atoms with E-state index in [0.717, 1.165) is 39.1 Å². The number of aromatic amines is 1. The zero-order valence-electron chi connectivity index (χ0n) is 19.5. The minimum Gasteiger partial charge on any atom is -0.489 e. The summed E-state index contributed by atoms with van der Waals surface area (Å²) in [5.74, 6) is 0.0639. The predicted molar refractivity (Wildman–Crippen MR) is 141 cm³/mol. The SMILES string of the molecule is O=C(NN=Cc1c[nH]c2cc(OCc3ccccc3)ccc12)c1csc(CS(=O)(=O)Cc2ccco2)n1. The third kappa shape index (κ3) is 6.32. The summed E-state index contributed by atoms with van der Waals surface area (Å²) in [6, 6.07) is 18.9. The number of hydrogen-bond donors (Lipinski definition) is 2. The normalized spacial score (nSPS) is 11.8. The quantitative estimate of drug-likeness (QED) is 0.198. The largest absolute Gasteiger partial charge is 0.489 e. The van der Waals surface area contributed by atoms with E-state index in [1.807, 2.05) is 48.5 Å². The van der Waals surface area contributed by atoms with Crippen LogP contribution in [0, 0.1) is 0 Å². The van der Waals surface area contributed by atoms with E-state index in [9.17, 15) is 13.2 Å². The van der Waals surface area contributed by atoms with Gasteiger partial charge in [-0.2, -0.15) is 5.10 Å². The van der Waals surface area contributed by atoms with Crippen molar-refractivity contribution in [3.8, 4) is 5.75 Å². The number of thiazole rings is 1. The summed E-state index contributed by atoms with van der Waals surface area (Å²) in [4.78, 5) is 19.8. The Hall–Kier alpha value is -4.22. The summed E-state index contributed by atoms with van der Waals surface area (Å²) in [5.41, 5.74) is 5.28. The van der Waals surface area contributed by atoms with E-state index in [1.54, 1.807) is 18.3 Å². The molecule has 3 heterocycles. The second-order valence-electron chi connectivity index (χ2n) is 8.16. The Kier molecular flexibility index (Phi) is 7.15. The fraction of sp³-hybridized carbons (Fsp3) is 0.115. The van der Waals surface area contributed by atoms with Gasteiger partial charge in [-0.25, -0.2) is 18.8 Å². The minimum absolute atomic E-state index is 0.101. The van der Waals surface area contributed by atoms with E-state index >= 15 is 0 Å². The van der Waals surface area contributed by atoms with Crippen molar-refractivity contribution in [2.45, 2.75) is 18.1 Å². The van der Waals surface area contributed by atoms with Gasteiger partial charge in [0.25, 0.3) is 5.91 Å². The molecule has 1 amide bonds. The van der Waals surface area contributed by atoms with Crippen LogP contribution in [-0.4, -0.2) is 30.5 Å². The van der Waals surface area contributed by atoms with Crippen molar-refractivity contribution in [2.75, 3.05) is 0 Å². The lowest BCUT2D eigenvalue weighted by atomic mass is 10.2. The summed E-state index contributed by atoms with van der Waals surface area (Å²) in [6.45, 7) is 0.474. The zero-order valence-corrected chi connectivity index (χ0v) is 21.1. The van der Waals surface area contributed by atoms with Crippen molar-refractivity contribution in [3.05, 3.63) is 106 Å². The Morgan fingerprint density at radius 1 is 1.14 bits per heavy atom. The highest BCUT2D eigenvalue weighted by Gasteiger charge is 2.19. The first-order valence-electron chi connectivity index (χ1n) is 11.2. The Balaban J connectivity index is 1.17. The number of hydrazone groups is 1. The maximum atomic E-state index is 12.4. The molecule has 5 rings (SSSR count). The van der Waals surface area contributed by atoms with Crippen molar-refractivity contribution >= 4 is 44.2 Å². The van der Waals surface area contributed by atoms with Gasteiger partial charge in [0, 0.05) is 34.1 Å². The lowest BCUT2D eigenvalue weighted by Crippen LogP contribution is -2.18. The summed E-state index contributed by atoms with van der Waals surface area (Å²) in [5, 5.41) is 6.78. The topological polar surface area (TPSA) is 127 Å². The third-order valence-electron chi connectivity index (χ3n) is 5.37. The summed E-state index contributed by atoms with van der Waals surface area (Å²) < 4.78 is 35.7. The van der Waals surface area contributed by atoms with Crippen LogP contribution in [0.5, 0.6) is 5.75 Å². The molecule has 2 N–H and O–H groups in total. The molecule has 0 aliphatic rings. The Morgan fingerprint density at radius 3 is 2.81 bits per heavy atom. The Morgan fingerprint density at radius 2 is 2.00 bits per heavy atom. The number of nitrogens with one attached hydrogen (secondary N) is 2. The van der Waals surface area contributed by atoms with E-state index in [2.05, 4.69) is 20.5 Å². The van der Waals surface area contributed by atoms with Crippen molar-refractivity contribution in [3.63, 3.8) is 0 Å². The van der Waals surface area contributed by atoms with Crippen LogP contribution in [0.2, 0.25) is 0 Å². The molecule has 3 aromatic heterocycles. The molecule has 0 saturated heterocycles. The number of benzene rings is 2. The number of sulfone groups is 1. The average Bonchev–Trinajstić information content (AvgIpc) is 3.65. The Labute approximate surface area is 216 Å². The van der Waals surface area contributed by atoms with E-state index in [-0.39, 0.29) is 17.2 Å². The average molecular weight is 535 g/mol. The highest BCUT2D eigenvalue weighted by atomic mass is 32.2. The highest BCUT2D eigenvalue weighted by molar-refractivity contribution is 7.89. The molecule has 11 heteroatoms. The van der Waals surface area contributed by atoms with Crippen LogP contribution in [0.25, 0.3) is 10.9 Å². The molecule has 0 fully saturated rings. The standard InChI is InChI=1S/C26H22N4O5S2/c31-26(24-15-36-25(29-24)17-37(32,33)16-21-7-4-10-34-21)30-28-13-19-12-27-23-11-20(8-9-22(19)23)35-14-18-5-2-1-3-6-18/h1-13,15,27H,14,16-17H2,(H,30,31). The maximum Gasteiger partial charge on any atom is 0.290 e. The molecule has 0 atom stereocenters. The number of amides is 1. The fourth-order valence-electron chi connectivity index (χ4n) is 3.62. The third-order valence-corrected chi connectivity index (χ3v) is 7.84. The van der Waals surface area contributed by atoms with Crippen LogP contribution in [-0.2, 0) is 27.9 Å². The van der Waals surface area contributed by atoms with Crippen LogP contribution in [0.1, 0.15) is 32.4 Å². The van der Waals surface area contributed by atoms with Gasteiger partial charge in [0.2, 0.25) is 0 Å². The molecule has 0 radical (unpaired) electrons. The van der Waals surface area contributed by atoms with E-state index in [0.29, 0.717) is 17.4 Å². The van der Waals surface area contributed by atoms with Crippen molar-refractivity contribution in [1.82, 2.24) is 15.4 Å². The van der Waals surface area contributed by atoms with Crippen LogP contribution in [0.4, 0.5) is 0 Å².